The van der Waals surface area contributed by atoms with Crippen LogP contribution in [0.1, 0.15) is 24.8 Å². The van der Waals surface area contributed by atoms with E-state index in [2.05, 4.69) is 4.90 Å². The minimum atomic E-state index is -1.43. The molecule has 0 unspecified atom stereocenters. The van der Waals surface area contributed by atoms with Crippen LogP contribution >= 0.6 is 0 Å². The monoisotopic (exact) mass is 259 g/mol. The van der Waals surface area contributed by atoms with E-state index < -0.39 is 11.8 Å². The third-order valence-corrected chi connectivity index (χ3v) is 3.25. The first-order chi connectivity index (χ1) is 9.16. The molecule has 1 aliphatic rings. The molecule has 1 aliphatic heterocycles. The molecule has 0 aliphatic carbocycles. The van der Waals surface area contributed by atoms with Crippen molar-refractivity contribution in [3.63, 3.8) is 0 Å². The predicted molar refractivity (Wildman–Crippen MR) is 74.2 cm³/mol. The number of ketones is 1. The smallest absolute Gasteiger partial charge is 0.376 e. The molecule has 1 aromatic rings. The lowest BCUT2D eigenvalue weighted by Gasteiger charge is -2.28. The summed E-state index contributed by atoms with van der Waals surface area (Å²) in [6.45, 7) is 2.18. The molecule has 0 radical (unpaired) electrons. The van der Waals surface area contributed by atoms with E-state index in [0.717, 1.165) is 24.7 Å². The van der Waals surface area contributed by atoms with E-state index in [1.165, 1.54) is 31.0 Å². The van der Waals surface area contributed by atoms with Crippen molar-refractivity contribution in [1.82, 2.24) is 0 Å². The number of carboxylic acid groups (broad SMARTS) is 1. The van der Waals surface area contributed by atoms with Crippen molar-refractivity contribution in [2.45, 2.75) is 19.3 Å². The molecule has 4 nitrogen and oxygen atoms in total. The first-order valence-electron chi connectivity index (χ1n) is 6.47. The maximum Gasteiger partial charge on any atom is 0.376 e. The standard InChI is InChI=1S/C15H17NO3/c17-14(15(18)19)9-6-12-4-7-13(8-5-12)16-10-2-1-3-11-16/h4-9H,1-3,10-11H2,(H,18,19). The van der Waals surface area contributed by atoms with Gasteiger partial charge in [-0.2, -0.15) is 0 Å². The number of benzene rings is 1. The molecule has 19 heavy (non-hydrogen) atoms. The van der Waals surface area contributed by atoms with E-state index in [0.29, 0.717) is 0 Å². The highest BCUT2D eigenvalue weighted by molar-refractivity contribution is 6.38. The summed E-state index contributed by atoms with van der Waals surface area (Å²) < 4.78 is 0. The summed E-state index contributed by atoms with van der Waals surface area (Å²) in [6.07, 6.45) is 6.37. The van der Waals surface area contributed by atoms with E-state index in [4.69, 9.17) is 5.11 Å². The molecule has 2 rings (SSSR count). The lowest BCUT2D eigenvalue weighted by molar-refractivity contribution is -0.146. The van der Waals surface area contributed by atoms with Gasteiger partial charge in [0.15, 0.2) is 0 Å². The molecule has 0 bridgehead atoms. The van der Waals surface area contributed by atoms with Crippen LogP contribution in [0.4, 0.5) is 5.69 Å². The first kappa shape index (κ1) is 13.3. The molecule has 0 aromatic heterocycles. The zero-order valence-electron chi connectivity index (χ0n) is 10.7. The highest BCUT2D eigenvalue weighted by atomic mass is 16.4. The predicted octanol–water partition coefficient (Wildman–Crippen LogP) is 2.34. The lowest BCUT2D eigenvalue weighted by Crippen LogP contribution is -2.29. The number of hydrogen-bond donors (Lipinski definition) is 1. The Kier molecular flexibility index (Phi) is 4.34. The van der Waals surface area contributed by atoms with Gasteiger partial charge < -0.3 is 10.0 Å². The number of piperidine rings is 1. The van der Waals surface area contributed by atoms with E-state index in [1.54, 1.807) is 0 Å². The van der Waals surface area contributed by atoms with Crippen LogP contribution in [0.15, 0.2) is 30.3 Å². The SMILES string of the molecule is O=C(O)C(=O)C=Cc1ccc(N2CCCCC2)cc1. The van der Waals surface area contributed by atoms with E-state index in [1.807, 2.05) is 24.3 Å². The summed E-state index contributed by atoms with van der Waals surface area (Å²) in [7, 11) is 0. The maximum atomic E-state index is 10.9. The summed E-state index contributed by atoms with van der Waals surface area (Å²) in [4.78, 5) is 23.7. The maximum absolute atomic E-state index is 10.9. The molecule has 0 amide bonds. The minimum absolute atomic E-state index is 0.829. The van der Waals surface area contributed by atoms with Crippen molar-refractivity contribution < 1.29 is 14.7 Å². The van der Waals surface area contributed by atoms with Crippen LogP contribution in [0.5, 0.6) is 0 Å². The minimum Gasteiger partial charge on any atom is -0.475 e. The molecule has 1 aromatic carbocycles. The lowest BCUT2D eigenvalue weighted by atomic mass is 10.1. The molecule has 1 N–H and O–H groups in total. The number of carboxylic acids is 1. The number of nitrogens with zero attached hydrogens (tertiary/aromatic N) is 1. The molecular weight excluding hydrogens is 242 g/mol. The van der Waals surface area contributed by atoms with Gasteiger partial charge in [-0.25, -0.2) is 4.79 Å². The Balaban J connectivity index is 2.01. The van der Waals surface area contributed by atoms with Gasteiger partial charge in [0, 0.05) is 18.8 Å². The second-order valence-corrected chi connectivity index (χ2v) is 4.64. The average Bonchev–Trinajstić information content (AvgIpc) is 2.46. The second-order valence-electron chi connectivity index (χ2n) is 4.64. The van der Waals surface area contributed by atoms with Gasteiger partial charge in [-0.1, -0.05) is 18.2 Å². The van der Waals surface area contributed by atoms with Crippen LogP contribution in [-0.2, 0) is 9.59 Å². The van der Waals surface area contributed by atoms with Gasteiger partial charge in [-0.15, -0.1) is 0 Å². The third kappa shape index (κ3) is 3.68. The second kappa shape index (κ2) is 6.18. The van der Waals surface area contributed by atoms with E-state index >= 15 is 0 Å². The summed E-state index contributed by atoms with van der Waals surface area (Å²) in [5.74, 6) is -2.33. The highest BCUT2D eigenvalue weighted by Crippen LogP contribution is 2.20. The Bertz CT molecular complexity index is 485. The first-order valence-corrected chi connectivity index (χ1v) is 6.47. The summed E-state index contributed by atoms with van der Waals surface area (Å²) in [5.41, 5.74) is 2.01. The zero-order chi connectivity index (χ0) is 13.7. The Hall–Kier alpha value is -2.10. The number of anilines is 1. The molecule has 0 spiro atoms. The Morgan fingerprint density at radius 2 is 1.68 bits per heavy atom. The number of rotatable bonds is 4. The number of carbonyl (C=O) groups is 2. The van der Waals surface area contributed by atoms with Gasteiger partial charge >= 0.3 is 5.97 Å². The molecule has 1 heterocycles. The van der Waals surface area contributed by atoms with Gasteiger partial charge in [-0.3, -0.25) is 4.79 Å². The number of carbonyl (C=O) groups excluding carboxylic acids is 1. The summed E-state index contributed by atoms with van der Waals surface area (Å²) in [6, 6.07) is 7.82. The van der Waals surface area contributed by atoms with Crippen LogP contribution in [-0.4, -0.2) is 29.9 Å². The molecule has 1 saturated heterocycles. The van der Waals surface area contributed by atoms with Gasteiger partial charge in [0.1, 0.15) is 0 Å². The largest absolute Gasteiger partial charge is 0.475 e. The van der Waals surface area contributed by atoms with Crippen molar-refractivity contribution >= 4 is 23.5 Å². The van der Waals surface area contributed by atoms with E-state index in [9.17, 15) is 9.59 Å². The molecule has 0 saturated carbocycles. The van der Waals surface area contributed by atoms with Gasteiger partial charge in [0.25, 0.3) is 5.78 Å². The van der Waals surface area contributed by atoms with Crippen molar-refractivity contribution in [1.29, 1.82) is 0 Å². The number of aliphatic carboxylic acids is 1. The topological polar surface area (TPSA) is 57.6 Å². The third-order valence-electron chi connectivity index (χ3n) is 3.25. The van der Waals surface area contributed by atoms with Gasteiger partial charge in [0.2, 0.25) is 0 Å². The fourth-order valence-corrected chi connectivity index (χ4v) is 2.19. The van der Waals surface area contributed by atoms with Crippen molar-refractivity contribution in [3.05, 3.63) is 35.9 Å². The normalized spacial score (nSPS) is 15.7. The molecule has 100 valence electrons. The van der Waals surface area contributed by atoms with Crippen LogP contribution in [0.25, 0.3) is 6.08 Å². The quantitative estimate of drug-likeness (QED) is 0.666. The molecule has 0 atom stereocenters. The summed E-state index contributed by atoms with van der Waals surface area (Å²) in [5, 5.41) is 8.47. The highest BCUT2D eigenvalue weighted by Gasteiger charge is 2.10. The summed E-state index contributed by atoms with van der Waals surface area (Å²) >= 11 is 0. The van der Waals surface area contributed by atoms with Crippen molar-refractivity contribution in [2.75, 3.05) is 18.0 Å². The van der Waals surface area contributed by atoms with Crippen molar-refractivity contribution in [3.8, 4) is 0 Å². The average molecular weight is 259 g/mol. The van der Waals surface area contributed by atoms with Gasteiger partial charge in [-0.05, 0) is 43.0 Å². The van der Waals surface area contributed by atoms with Crippen LogP contribution in [0.3, 0.4) is 0 Å². The Morgan fingerprint density at radius 3 is 2.26 bits per heavy atom. The zero-order valence-corrected chi connectivity index (χ0v) is 10.7. The van der Waals surface area contributed by atoms with E-state index in [-0.39, 0.29) is 0 Å². The number of hydrogen-bond acceptors (Lipinski definition) is 3. The molecule has 4 heteroatoms. The Labute approximate surface area is 112 Å². The van der Waals surface area contributed by atoms with Crippen LogP contribution in [0.2, 0.25) is 0 Å². The molecule has 1 fully saturated rings. The fourth-order valence-electron chi connectivity index (χ4n) is 2.19. The van der Waals surface area contributed by atoms with Crippen molar-refractivity contribution in [2.24, 2.45) is 0 Å². The van der Waals surface area contributed by atoms with Crippen LogP contribution < -0.4 is 4.90 Å². The van der Waals surface area contributed by atoms with Gasteiger partial charge in [0.05, 0.1) is 0 Å². The molecular formula is C15H17NO3. The van der Waals surface area contributed by atoms with Crippen LogP contribution in [0, 0.1) is 0 Å². The Morgan fingerprint density at radius 1 is 1.05 bits per heavy atom. The fraction of sp³-hybridized carbons (Fsp3) is 0.333.